The largest absolute Gasteiger partial charge is 0.494 e. The van der Waals surface area contributed by atoms with Gasteiger partial charge in [-0.15, -0.1) is 0 Å². The maximum atomic E-state index is 12.8. The average molecular weight is 427 g/mol. The Morgan fingerprint density at radius 1 is 1.03 bits per heavy atom. The standard InChI is InChI=1S/C22H26N4O3S/c1-4-28-18-10-6-16(7-11-18)14-25(3)20(27)15-26-21(23-24-22(26)30)17-8-12-19(13-9-17)29-5-2/h6-13H,4-5,14-15H2,1-3H3,(H,24,30). The Hall–Kier alpha value is -3.13. The van der Waals surface area contributed by atoms with Crippen molar-refractivity contribution in [1.82, 2.24) is 19.7 Å². The lowest BCUT2D eigenvalue weighted by Gasteiger charge is -2.18. The smallest absolute Gasteiger partial charge is 0.242 e. The lowest BCUT2D eigenvalue weighted by molar-refractivity contribution is -0.131. The quantitative estimate of drug-likeness (QED) is 0.523. The maximum Gasteiger partial charge on any atom is 0.242 e. The summed E-state index contributed by atoms with van der Waals surface area (Å²) in [7, 11) is 1.78. The lowest BCUT2D eigenvalue weighted by Crippen LogP contribution is -2.30. The minimum atomic E-state index is -0.0615. The summed E-state index contributed by atoms with van der Waals surface area (Å²) in [6.07, 6.45) is 0. The second-order valence-electron chi connectivity index (χ2n) is 6.72. The third kappa shape index (κ3) is 5.27. The number of carbonyl (C=O) groups excluding carboxylic acids is 1. The van der Waals surface area contributed by atoms with Crippen LogP contribution in [0.2, 0.25) is 0 Å². The van der Waals surface area contributed by atoms with Crippen molar-refractivity contribution in [3.63, 3.8) is 0 Å². The molecule has 7 nitrogen and oxygen atoms in total. The van der Waals surface area contributed by atoms with Crippen molar-refractivity contribution in [3.05, 3.63) is 58.9 Å². The topological polar surface area (TPSA) is 72.4 Å². The van der Waals surface area contributed by atoms with Gasteiger partial charge < -0.3 is 14.4 Å². The van der Waals surface area contributed by atoms with Crippen LogP contribution in [0, 0.1) is 4.77 Å². The number of nitrogens with one attached hydrogen (secondary N) is 1. The fourth-order valence-corrected chi connectivity index (χ4v) is 3.22. The molecule has 0 saturated heterocycles. The molecule has 0 aliphatic heterocycles. The van der Waals surface area contributed by atoms with Gasteiger partial charge in [0, 0.05) is 19.2 Å². The van der Waals surface area contributed by atoms with E-state index in [1.807, 2.05) is 62.4 Å². The van der Waals surface area contributed by atoms with Crippen LogP contribution in [-0.2, 0) is 17.9 Å². The summed E-state index contributed by atoms with van der Waals surface area (Å²) < 4.78 is 13.1. The maximum absolute atomic E-state index is 12.8. The Labute approximate surface area is 181 Å². The van der Waals surface area contributed by atoms with E-state index in [2.05, 4.69) is 10.2 Å². The fraction of sp³-hybridized carbons (Fsp3) is 0.318. The first-order chi connectivity index (χ1) is 14.5. The second-order valence-corrected chi connectivity index (χ2v) is 7.11. The molecule has 1 aromatic heterocycles. The molecule has 0 aliphatic rings. The summed E-state index contributed by atoms with van der Waals surface area (Å²) in [6, 6.07) is 15.3. The highest BCUT2D eigenvalue weighted by Gasteiger charge is 2.16. The number of ether oxygens (including phenoxy) is 2. The number of carbonyl (C=O) groups is 1. The number of amides is 1. The molecule has 0 saturated carbocycles. The number of H-pyrrole nitrogens is 1. The number of hydrogen-bond acceptors (Lipinski definition) is 5. The zero-order valence-corrected chi connectivity index (χ0v) is 18.2. The van der Waals surface area contributed by atoms with Gasteiger partial charge >= 0.3 is 0 Å². The Balaban J connectivity index is 1.70. The predicted molar refractivity (Wildman–Crippen MR) is 118 cm³/mol. The zero-order chi connectivity index (χ0) is 21.5. The van der Waals surface area contributed by atoms with Crippen molar-refractivity contribution in [1.29, 1.82) is 0 Å². The summed E-state index contributed by atoms with van der Waals surface area (Å²) in [5, 5.41) is 7.09. The van der Waals surface area contributed by atoms with Gasteiger partial charge in [-0.3, -0.25) is 14.5 Å². The van der Waals surface area contributed by atoms with Crippen LogP contribution >= 0.6 is 12.2 Å². The van der Waals surface area contributed by atoms with Gasteiger partial charge in [0.05, 0.1) is 13.2 Å². The molecule has 158 valence electrons. The van der Waals surface area contributed by atoms with E-state index in [1.165, 1.54) is 0 Å². The Kier molecular flexibility index (Phi) is 7.24. The van der Waals surface area contributed by atoms with Gasteiger partial charge in [0.2, 0.25) is 5.91 Å². The van der Waals surface area contributed by atoms with Crippen molar-refractivity contribution in [3.8, 4) is 22.9 Å². The van der Waals surface area contributed by atoms with E-state index in [4.69, 9.17) is 21.7 Å². The van der Waals surface area contributed by atoms with E-state index in [1.54, 1.807) is 16.5 Å². The number of nitrogens with zero attached hydrogens (tertiary/aromatic N) is 3. The zero-order valence-electron chi connectivity index (χ0n) is 17.4. The molecular formula is C22H26N4O3S. The van der Waals surface area contributed by atoms with Gasteiger partial charge in [0.25, 0.3) is 0 Å². The second kappa shape index (κ2) is 10.1. The molecule has 1 heterocycles. The molecule has 2 aromatic carbocycles. The molecule has 1 amide bonds. The number of benzene rings is 2. The van der Waals surface area contributed by atoms with E-state index >= 15 is 0 Å². The minimum Gasteiger partial charge on any atom is -0.494 e. The molecule has 3 aromatic rings. The number of rotatable bonds is 9. The number of aromatic nitrogens is 3. The summed E-state index contributed by atoms with van der Waals surface area (Å²) in [5.74, 6) is 2.16. The molecule has 3 rings (SSSR count). The fourth-order valence-electron chi connectivity index (χ4n) is 3.03. The predicted octanol–water partition coefficient (Wildman–Crippen LogP) is 4.06. The van der Waals surface area contributed by atoms with Gasteiger partial charge in [-0.25, -0.2) is 0 Å². The van der Waals surface area contributed by atoms with Gasteiger partial charge in [-0.2, -0.15) is 5.10 Å². The van der Waals surface area contributed by atoms with Gasteiger partial charge in [-0.05, 0) is 68.0 Å². The highest BCUT2D eigenvalue weighted by atomic mass is 32.1. The molecule has 0 fully saturated rings. The molecule has 0 bridgehead atoms. The van der Waals surface area contributed by atoms with Crippen LogP contribution in [0.3, 0.4) is 0 Å². The first kappa shape index (κ1) is 21.6. The molecular weight excluding hydrogens is 400 g/mol. The Morgan fingerprint density at radius 2 is 1.60 bits per heavy atom. The van der Waals surface area contributed by atoms with Crippen LogP contribution in [0.15, 0.2) is 48.5 Å². The van der Waals surface area contributed by atoms with Crippen LogP contribution in [-0.4, -0.2) is 45.8 Å². The first-order valence-corrected chi connectivity index (χ1v) is 10.3. The molecule has 0 atom stereocenters. The monoisotopic (exact) mass is 426 g/mol. The van der Waals surface area contributed by atoms with Crippen LogP contribution in [0.1, 0.15) is 19.4 Å². The van der Waals surface area contributed by atoms with Crippen LogP contribution in [0.5, 0.6) is 11.5 Å². The third-order valence-electron chi connectivity index (χ3n) is 4.56. The molecule has 0 unspecified atom stereocenters. The normalized spacial score (nSPS) is 10.6. The van der Waals surface area contributed by atoms with Crippen LogP contribution < -0.4 is 9.47 Å². The first-order valence-electron chi connectivity index (χ1n) is 9.86. The van der Waals surface area contributed by atoms with Gasteiger partial charge in [-0.1, -0.05) is 12.1 Å². The Morgan fingerprint density at radius 3 is 2.17 bits per heavy atom. The van der Waals surface area contributed by atoms with E-state index < -0.39 is 0 Å². The van der Waals surface area contributed by atoms with Crippen LogP contribution in [0.4, 0.5) is 0 Å². The summed E-state index contributed by atoms with van der Waals surface area (Å²) in [4.78, 5) is 14.5. The number of hydrogen-bond donors (Lipinski definition) is 1. The minimum absolute atomic E-state index is 0.0615. The molecule has 0 aliphatic carbocycles. The van der Waals surface area contributed by atoms with E-state index in [0.29, 0.717) is 30.4 Å². The number of aromatic amines is 1. The molecule has 8 heteroatoms. The van der Waals surface area contributed by atoms with E-state index in [0.717, 1.165) is 22.6 Å². The summed E-state index contributed by atoms with van der Waals surface area (Å²) >= 11 is 5.35. The molecule has 30 heavy (non-hydrogen) atoms. The van der Waals surface area contributed by atoms with E-state index in [-0.39, 0.29) is 12.5 Å². The highest BCUT2D eigenvalue weighted by Crippen LogP contribution is 2.21. The molecule has 0 spiro atoms. The SMILES string of the molecule is CCOc1ccc(CN(C)C(=O)Cn2c(-c3ccc(OCC)cc3)n[nH]c2=S)cc1. The van der Waals surface area contributed by atoms with Crippen molar-refractivity contribution in [2.45, 2.75) is 26.9 Å². The van der Waals surface area contributed by atoms with Gasteiger partial charge in [0.1, 0.15) is 18.0 Å². The Bertz CT molecular complexity index is 1030. The average Bonchev–Trinajstić information content (AvgIpc) is 3.10. The summed E-state index contributed by atoms with van der Waals surface area (Å²) in [6.45, 7) is 5.71. The number of likely N-dealkylation sites (N-methyl/N-ethyl adjacent to an activating group) is 1. The van der Waals surface area contributed by atoms with Crippen molar-refractivity contribution >= 4 is 18.1 Å². The van der Waals surface area contributed by atoms with Crippen LogP contribution in [0.25, 0.3) is 11.4 Å². The third-order valence-corrected chi connectivity index (χ3v) is 4.87. The van der Waals surface area contributed by atoms with E-state index in [9.17, 15) is 4.79 Å². The highest BCUT2D eigenvalue weighted by molar-refractivity contribution is 7.71. The van der Waals surface area contributed by atoms with Crippen molar-refractivity contribution < 1.29 is 14.3 Å². The molecule has 0 radical (unpaired) electrons. The van der Waals surface area contributed by atoms with Crippen molar-refractivity contribution in [2.75, 3.05) is 20.3 Å². The van der Waals surface area contributed by atoms with Gasteiger partial charge in [0.15, 0.2) is 10.6 Å². The molecule has 1 N–H and O–H groups in total. The van der Waals surface area contributed by atoms with Crippen molar-refractivity contribution in [2.24, 2.45) is 0 Å². The lowest BCUT2D eigenvalue weighted by atomic mass is 10.2. The summed E-state index contributed by atoms with van der Waals surface area (Å²) in [5.41, 5.74) is 1.88.